The zero-order valence-corrected chi connectivity index (χ0v) is 10.6. The molecule has 0 bridgehead atoms. The number of carbonyl (C=O) groups is 1. The van der Waals surface area contributed by atoms with E-state index >= 15 is 0 Å². The zero-order chi connectivity index (χ0) is 11.4. The van der Waals surface area contributed by atoms with Gasteiger partial charge in [0.1, 0.15) is 0 Å². The van der Waals surface area contributed by atoms with Gasteiger partial charge in [-0.3, -0.25) is 4.79 Å². The Labute approximate surface area is 103 Å². The molecule has 0 aliphatic heterocycles. The molecule has 16 heavy (non-hydrogen) atoms. The number of hydrogen-bond acceptors (Lipinski definition) is 3. The molecule has 2 aromatic rings. The first-order chi connectivity index (χ1) is 7.77. The molecule has 0 spiro atoms. The van der Waals surface area contributed by atoms with Gasteiger partial charge in [0.05, 0.1) is 0 Å². The van der Waals surface area contributed by atoms with Crippen molar-refractivity contribution in [1.29, 1.82) is 0 Å². The molecular weight excluding hydrogens is 236 g/mol. The monoisotopic (exact) mass is 248 g/mol. The van der Waals surface area contributed by atoms with E-state index in [2.05, 4.69) is 35.7 Å². The van der Waals surface area contributed by atoms with E-state index in [1.165, 1.54) is 27.4 Å². The molecule has 0 fully saturated rings. The molecule has 0 radical (unpaired) electrons. The van der Waals surface area contributed by atoms with Crippen molar-refractivity contribution in [3.05, 3.63) is 41.3 Å². The second-order valence-corrected chi connectivity index (χ2v) is 5.50. The number of fused-ring (bicyclic) bond motifs is 1. The fraction of sp³-hybridized carbons (Fsp3) is 0.154. The lowest BCUT2D eigenvalue weighted by Gasteiger charge is -1.91. The van der Waals surface area contributed by atoms with Crippen molar-refractivity contribution in [2.24, 2.45) is 0 Å². The van der Waals surface area contributed by atoms with Gasteiger partial charge in [-0.2, -0.15) is 0 Å². The quantitative estimate of drug-likeness (QED) is 0.810. The largest absolute Gasteiger partial charge is 0.288 e. The van der Waals surface area contributed by atoms with Crippen molar-refractivity contribution in [1.82, 2.24) is 0 Å². The van der Waals surface area contributed by atoms with E-state index in [-0.39, 0.29) is 5.12 Å². The molecule has 0 saturated carbocycles. The van der Waals surface area contributed by atoms with Crippen LogP contribution in [0.2, 0.25) is 0 Å². The highest BCUT2D eigenvalue weighted by molar-refractivity contribution is 8.13. The summed E-state index contributed by atoms with van der Waals surface area (Å²) in [6.45, 7) is 1.60. The summed E-state index contributed by atoms with van der Waals surface area (Å²) in [4.78, 5) is 10.7. The minimum Gasteiger partial charge on any atom is -0.288 e. The molecule has 0 amide bonds. The van der Waals surface area contributed by atoms with E-state index in [9.17, 15) is 4.79 Å². The van der Waals surface area contributed by atoms with E-state index in [0.717, 1.165) is 5.75 Å². The molecule has 2 rings (SSSR count). The number of carbonyl (C=O) groups excluding carboxylic acids is 1. The summed E-state index contributed by atoms with van der Waals surface area (Å²) in [5.41, 5.74) is 1.24. The third-order valence-electron chi connectivity index (χ3n) is 2.19. The molecule has 1 aromatic carbocycles. The van der Waals surface area contributed by atoms with E-state index in [1.54, 1.807) is 18.3 Å². The Bertz CT molecular complexity index is 525. The van der Waals surface area contributed by atoms with Crippen molar-refractivity contribution >= 4 is 44.4 Å². The Balaban J connectivity index is 2.12. The van der Waals surface area contributed by atoms with Gasteiger partial charge in [-0.1, -0.05) is 42.1 Å². The predicted molar refractivity (Wildman–Crippen MR) is 74.0 cm³/mol. The Hall–Kier alpha value is -1.06. The van der Waals surface area contributed by atoms with Crippen molar-refractivity contribution in [3.8, 4) is 0 Å². The molecule has 3 heteroatoms. The fourth-order valence-corrected chi connectivity index (χ4v) is 2.82. The maximum Gasteiger partial charge on any atom is 0.186 e. The molecule has 0 aliphatic carbocycles. The lowest BCUT2D eigenvalue weighted by atomic mass is 10.2. The van der Waals surface area contributed by atoms with Gasteiger partial charge in [-0.15, -0.1) is 11.3 Å². The summed E-state index contributed by atoms with van der Waals surface area (Å²) in [5.74, 6) is 0.750. The van der Waals surface area contributed by atoms with Gasteiger partial charge in [0.2, 0.25) is 0 Å². The summed E-state index contributed by atoms with van der Waals surface area (Å²) < 4.78 is 1.31. The molecule has 0 atom stereocenters. The van der Waals surface area contributed by atoms with Crippen LogP contribution in [0, 0.1) is 0 Å². The van der Waals surface area contributed by atoms with E-state index < -0.39 is 0 Å². The molecular formula is C13H12OS2. The molecule has 0 unspecified atom stereocenters. The van der Waals surface area contributed by atoms with Crippen molar-refractivity contribution < 1.29 is 4.79 Å². The summed E-state index contributed by atoms with van der Waals surface area (Å²) in [6.07, 6.45) is 4.13. The molecule has 0 N–H and O–H groups in total. The molecule has 1 heterocycles. The van der Waals surface area contributed by atoms with Gasteiger partial charge >= 0.3 is 0 Å². The fourth-order valence-electron chi connectivity index (χ4n) is 1.47. The first-order valence-corrected chi connectivity index (χ1v) is 6.90. The maximum atomic E-state index is 10.7. The molecule has 0 aliphatic rings. The Morgan fingerprint density at radius 1 is 1.44 bits per heavy atom. The van der Waals surface area contributed by atoms with Crippen LogP contribution >= 0.6 is 23.1 Å². The number of thioether (sulfide) groups is 1. The van der Waals surface area contributed by atoms with Gasteiger partial charge in [0.25, 0.3) is 0 Å². The van der Waals surface area contributed by atoms with Crippen LogP contribution < -0.4 is 0 Å². The SMILES string of the molecule is CC(=O)SCC=Cc1csc2ccccc12. The zero-order valence-electron chi connectivity index (χ0n) is 8.97. The predicted octanol–water partition coefficient (Wildman–Crippen LogP) is 4.19. The molecule has 0 saturated heterocycles. The van der Waals surface area contributed by atoms with Crippen LogP contribution in [-0.4, -0.2) is 10.9 Å². The average molecular weight is 248 g/mol. The van der Waals surface area contributed by atoms with E-state index in [0.29, 0.717) is 0 Å². The number of hydrogen-bond donors (Lipinski definition) is 0. The normalized spacial score (nSPS) is 11.3. The first-order valence-electron chi connectivity index (χ1n) is 5.03. The maximum absolute atomic E-state index is 10.7. The van der Waals surface area contributed by atoms with Crippen LogP contribution in [0.5, 0.6) is 0 Å². The lowest BCUT2D eigenvalue weighted by molar-refractivity contribution is -0.109. The molecule has 1 nitrogen and oxygen atoms in total. The first kappa shape index (κ1) is 11.4. The van der Waals surface area contributed by atoms with Crippen LogP contribution in [0.15, 0.2) is 35.7 Å². The van der Waals surface area contributed by atoms with E-state index in [4.69, 9.17) is 0 Å². The van der Waals surface area contributed by atoms with Gasteiger partial charge in [-0.25, -0.2) is 0 Å². The van der Waals surface area contributed by atoms with Crippen molar-refractivity contribution in [2.75, 3.05) is 5.75 Å². The number of thiophene rings is 1. The lowest BCUT2D eigenvalue weighted by Crippen LogP contribution is -1.81. The molecule has 1 aromatic heterocycles. The standard InChI is InChI=1S/C13H12OS2/c1-10(14)15-8-4-5-11-9-16-13-7-3-2-6-12(11)13/h2-7,9H,8H2,1H3. The average Bonchev–Trinajstić information content (AvgIpc) is 2.68. The third kappa shape index (κ3) is 2.74. The van der Waals surface area contributed by atoms with Gasteiger partial charge in [0.15, 0.2) is 5.12 Å². The minimum atomic E-state index is 0.167. The summed E-state index contributed by atoms with van der Waals surface area (Å²) >= 11 is 3.09. The summed E-state index contributed by atoms with van der Waals surface area (Å²) in [5, 5.41) is 3.61. The minimum absolute atomic E-state index is 0.167. The van der Waals surface area contributed by atoms with Crippen molar-refractivity contribution in [2.45, 2.75) is 6.92 Å². The van der Waals surface area contributed by atoms with Gasteiger partial charge in [0, 0.05) is 17.4 Å². The summed E-state index contributed by atoms with van der Waals surface area (Å²) in [7, 11) is 0. The van der Waals surface area contributed by atoms with Crippen LogP contribution in [0.3, 0.4) is 0 Å². The topological polar surface area (TPSA) is 17.1 Å². The van der Waals surface area contributed by atoms with Crippen LogP contribution in [-0.2, 0) is 4.79 Å². The van der Waals surface area contributed by atoms with Crippen molar-refractivity contribution in [3.63, 3.8) is 0 Å². The van der Waals surface area contributed by atoms with Gasteiger partial charge in [-0.05, 0) is 22.4 Å². The van der Waals surface area contributed by atoms with Gasteiger partial charge < -0.3 is 0 Å². The van der Waals surface area contributed by atoms with Crippen LogP contribution in [0.25, 0.3) is 16.2 Å². The van der Waals surface area contributed by atoms with Crippen LogP contribution in [0.1, 0.15) is 12.5 Å². The highest BCUT2D eigenvalue weighted by Gasteiger charge is 1.99. The molecule has 82 valence electrons. The highest BCUT2D eigenvalue weighted by Crippen LogP contribution is 2.26. The Morgan fingerprint density at radius 3 is 3.06 bits per heavy atom. The third-order valence-corrected chi connectivity index (χ3v) is 3.94. The van der Waals surface area contributed by atoms with E-state index in [1.807, 2.05) is 6.08 Å². The second-order valence-electron chi connectivity index (χ2n) is 3.39. The number of rotatable bonds is 3. The smallest absolute Gasteiger partial charge is 0.186 e. The Morgan fingerprint density at radius 2 is 2.25 bits per heavy atom. The van der Waals surface area contributed by atoms with Crippen LogP contribution in [0.4, 0.5) is 0 Å². The summed E-state index contributed by atoms with van der Waals surface area (Å²) in [6, 6.07) is 8.36. The second kappa shape index (κ2) is 5.32. The highest BCUT2D eigenvalue weighted by atomic mass is 32.2. The number of benzene rings is 1. The Kier molecular flexibility index (Phi) is 3.80.